The summed E-state index contributed by atoms with van der Waals surface area (Å²) < 4.78 is 5.15. The summed E-state index contributed by atoms with van der Waals surface area (Å²) >= 11 is 1.79. The van der Waals surface area contributed by atoms with E-state index in [-0.39, 0.29) is 0 Å². The topological polar surface area (TPSA) is 38.5 Å². The third kappa shape index (κ3) is 2.96. The molecule has 0 aliphatic carbocycles. The van der Waals surface area contributed by atoms with Gasteiger partial charge in [-0.05, 0) is 30.0 Å². The number of likely N-dealkylation sites (N-methyl/N-ethyl adjacent to an activating group) is 1. The first-order valence-corrected chi connectivity index (χ1v) is 6.75. The van der Waals surface area contributed by atoms with Gasteiger partial charge in [-0.1, -0.05) is 6.07 Å². The zero-order valence-corrected chi connectivity index (χ0v) is 11.5. The van der Waals surface area contributed by atoms with Gasteiger partial charge in [0.25, 0.3) is 0 Å². The molecule has 0 unspecified atom stereocenters. The van der Waals surface area contributed by atoms with Gasteiger partial charge in [0.2, 0.25) is 0 Å². The van der Waals surface area contributed by atoms with Gasteiger partial charge in [0.15, 0.2) is 0 Å². The Balaban J connectivity index is 2.02. The fourth-order valence-corrected chi connectivity index (χ4v) is 2.56. The maximum Gasteiger partial charge on any atom is 0.121 e. The molecular formula is C14H18N2OS. The molecule has 0 radical (unpaired) electrons. The molecule has 96 valence electrons. The Hall–Kier alpha value is -1.68. The van der Waals surface area contributed by atoms with Gasteiger partial charge in [0.1, 0.15) is 5.75 Å². The number of nitrogens with zero attached hydrogens (tertiary/aromatic N) is 1. The van der Waals surface area contributed by atoms with Gasteiger partial charge in [-0.2, -0.15) is 0 Å². The number of hydrogen-bond donors (Lipinski definition) is 1. The summed E-state index contributed by atoms with van der Waals surface area (Å²) in [5.74, 6) is 0.794. The lowest BCUT2D eigenvalue weighted by Crippen LogP contribution is -2.21. The smallest absolute Gasteiger partial charge is 0.121 e. The fourth-order valence-electron chi connectivity index (χ4n) is 1.86. The van der Waals surface area contributed by atoms with Gasteiger partial charge >= 0.3 is 0 Å². The Morgan fingerprint density at radius 3 is 2.78 bits per heavy atom. The first-order valence-electron chi connectivity index (χ1n) is 5.87. The molecule has 18 heavy (non-hydrogen) atoms. The normalized spacial score (nSPS) is 10.3. The number of methoxy groups -OCH3 is 1. The van der Waals surface area contributed by atoms with E-state index < -0.39 is 0 Å². The molecule has 0 fully saturated rings. The minimum absolute atomic E-state index is 0.753. The lowest BCUT2D eigenvalue weighted by molar-refractivity contribution is 0.415. The van der Waals surface area contributed by atoms with Crippen molar-refractivity contribution >= 4 is 22.7 Å². The van der Waals surface area contributed by atoms with E-state index in [1.54, 1.807) is 18.4 Å². The van der Waals surface area contributed by atoms with E-state index in [9.17, 15) is 0 Å². The Kier molecular flexibility index (Phi) is 4.10. The second kappa shape index (κ2) is 5.78. The minimum atomic E-state index is 0.753. The Morgan fingerprint density at radius 2 is 2.17 bits per heavy atom. The van der Waals surface area contributed by atoms with Gasteiger partial charge in [-0.25, -0.2) is 0 Å². The zero-order valence-electron chi connectivity index (χ0n) is 10.7. The van der Waals surface area contributed by atoms with Crippen molar-refractivity contribution in [2.45, 2.75) is 6.42 Å². The fraction of sp³-hybridized carbons (Fsp3) is 0.286. The van der Waals surface area contributed by atoms with Crippen LogP contribution in [0.2, 0.25) is 0 Å². The van der Waals surface area contributed by atoms with Gasteiger partial charge in [-0.3, -0.25) is 0 Å². The number of rotatable bonds is 5. The summed E-state index contributed by atoms with van der Waals surface area (Å²) in [6.07, 6.45) is 1.04. The van der Waals surface area contributed by atoms with Crippen molar-refractivity contribution in [2.24, 2.45) is 0 Å². The predicted molar refractivity (Wildman–Crippen MR) is 78.7 cm³/mol. The second-order valence-electron chi connectivity index (χ2n) is 4.18. The van der Waals surface area contributed by atoms with Crippen molar-refractivity contribution < 1.29 is 4.74 Å². The number of anilines is 2. The monoisotopic (exact) mass is 262 g/mol. The van der Waals surface area contributed by atoms with Crippen molar-refractivity contribution in [2.75, 3.05) is 31.3 Å². The number of nitrogens with two attached hydrogens (primary N) is 1. The molecule has 2 rings (SSSR count). The minimum Gasteiger partial charge on any atom is -0.497 e. The summed E-state index contributed by atoms with van der Waals surface area (Å²) in [5.41, 5.74) is 7.83. The van der Waals surface area contributed by atoms with Crippen LogP contribution in [0.25, 0.3) is 0 Å². The van der Waals surface area contributed by atoms with Crippen LogP contribution in [0.5, 0.6) is 5.75 Å². The highest BCUT2D eigenvalue weighted by Gasteiger charge is 2.06. The number of benzene rings is 1. The van der Waals surface area contributed by atoms with Crippen molar-refractivity contribution in [1.29, 1.82) is 0 Å². The van der Waals surface area contributed by atoms with Crippen LogP contribution in [0.1, 0.15) is 4.88 Å². The van der Waals surface area contributed by atoms with Crippen LogP contribution in [-0.2, 0) is 6.42 Å². The van der Waals surface area contributed by atoms with Crippen molar-refractivity contribution in [3.05, 3.63) is 40.6 Å². The molecule has 0 spiro atoms. The quantitative estimate of drug-likeness (QED) is 0.842. The first kappa shape index (κ1) is 12.8. The molecule has 3 nitrogen and oxygen atoms in total. The van der Waals surface area contributed by atoms with Crippen molar-refractivity contribution in [3.63, 3.8) is 0 Å². The lowest BCUT2D eigenvalue weighted by Gasteiger charge is -2.21. The van der Waals surface area contributed by atoms with Gasteiger partial charge in [-0.15, -0.1) is 11.3 Å². The third-order valence-corrected chi connectivity index (χ3v) is 3.86. The van der Waals surface area contributed by atoms with Gasteiger partial charge < -0.3 is 15.4 Å². The molecule has 0 aliphatic rings. The molecule has 0 saturated heterocycles. The highest BCUT2D eigenvalue weighted by atomic mass is 32.1. The summed E-state index contributed by atoms with van der Waals surface area (Å²) in [6.45, 7) is 0.955. The summed E-state index contributed by atoms with van der Waals surface area (Å²) in [5, 5.41) is 2.11. The largest absolute Gasteiger partial charge is 0.497 e. The van der Waals surface area contributed by atoms with E-state index in [4.69, 9.17) is 10.5 Å². The van der Waals surface area contributed by atoms with Crippen LogP contribution in [0.15, 0.2) is 35.7 Å². The van der Waals surface area contributed by atoms with E-state index >= 15 is 0 Å². The van der Waals surface area contributed by atoms with Crippen LogP contribution in [-0.4, -0.2) is 20.7 Å². The molecule has 1 aromatic carbocycles. The van der Waals surface area contributed by atoms with E-state index in [1.165, 1.54) is 4.88 Å². The van der Waals surface area contributed by atoms with Gasteiger partial charge in [0, 0.05) is 24.5 Å². The highest BCUT2D eigenvalue weighted by Crippen LogP contribution is 2.27. The number of nitrogen functional groups attached to an aromatic ring is 1. The van der Waals surface area contributed by atoms with Crippen LogP contribution in [0.3, 0.4) is 0 Å². The summed E-state index contributed by atoms with van der Waals surface area (Å²) in [6, 6.07) is 10.0. The molecule has 0 aliphatic heterocycles. The van der Waals surface area contributed by atoms with Crippen LogP contribution in [0, 0.1) is 0 Å². The SMILES string of the molecule is COc1ccc(N(C)CCc2cccs2)c(N)c1. The maximum atomic E-state index is 6.03. The highest BCUT2D eigenvalue weighted by molar-refractivity contribution is 7.09. The molecule has 2 aromatic rings. The molecule has 4 heteroatoms. The molecule has 2 N–H and O–H groups in total. The van der Waals surface area contributed by atoms with Crippen molar-refractivity contribution in [3.8, 4) is 5.75 Å². The maximum absolute atomic E-state index is 6.03. The third-order valence-electron chi connectivity index (χ3n) is 2.92. The van der Waals surface area contributed by atoms with Gasteiger partial charge in [0.05, 0.1) is 18.5 Å². The van der Waals surface area contributed by atoms with E-state index in [0.717, 1.165) is 30.1 Å². The van der Waals surface area contributed by atoms with Crippen LogP contribution < -0.4 is 15.4 Å². The molecule has 1 heterocycles. The Morgan fingerprint density at radius 1 is 1.33 bits per heavy atom. The summed E-state index contributed by atoms with van der Waals surface area (Å²) in [7, 11) is 3.71. The van der Waals surface area contributed by atoms with E-state index in [2.05, 4.69) is 29.5 Å². The zero-order chi connectivity index (χ0) is 13.0. The number of hydrogen-bond acceptors (Lipinski definition) is 4. The summed E-state index contributed by atoms with van der Waals surface area (Å²) in [4.78, 5) is 3.57. The average Bonchev–Trinajstić information content (AvgIpc) is 2.88. The Labute approximate surface area is 112 Å². The van der Waals surface area contributed by atoms with Crippen LogP contribution >= 0.6 is 11.3 Å². The Bertz CT molecular complexity index is 497. The molecule has 0 bridgehead atoms. The molecule has 0 saturated carbocycles. The predicted octanol–water partition coefficient (Wildman–Crippen LogP) is 3.02. The second-order valence-corrected chi connectivity index (χ2v) is 5.21. The van der Waals surface area contributed by atoms with E-state index in [0.29, 0.717) is 0 Å². The molecule has 0 amide bonds. The lowest BCUT2D eigenvalue weighted by atomic mass is 10.2. The molecule has 0 atom stereocenters. The van der Waals surface area contributed by atoms with E-state index in [1.807, 2.05) is 18.2 Å². The van der Waals surface area contributed by atoms with Crippen LogP contribution in [0.4, 0.5) is 11.4 Å². The van der Waals surface area contributed by atoms with Crippen molar-refractivity contribution in [1.82, 2.24) is 0 Å². The average molecular weight is 262 g/mol. The first-order chi connectivity index (χ1) is 8.70. The number of ether oxygens (including phenoxy) is 1. The standard InChI is InChI=1S/C14H18N2OS/c1-16(8-7-12-4-3-9-18-12)14-6-5-11(17-2)10-13(14)15/h3-6,9-10H,7-8,15H2,1-2H3. The molecule has 1 aromatic heterocycles. The molecular weight excluding hydrogens is 244 g/mol. The number of thiophene rings is 1.